The van der Waals surface area contributed by atoms with Crippen molar-refractivity contribution in [2.45, 2.75) is 65.5 Å². The molecule has 0 N–H and O–H groups in total. The van der Waals surface area contributed by atoms with E-state index in [0.717, 1.165) is 63.7 Å². The van der Waals surface area contributed by atoms with Crippen LogP contribution in [0.1, 0.15) is 59.3 Å². The number of unbranched alkanes of at least 4 members (excludes halogenated alkanes) is 3. The van der Waals surface area contributed by atoms with Gasteiger partial charge in [-0.25, -0.2) is 0 Å². The van der Waals surface area contributed by atoms with Crippen LogP contribution < -0.4 is 0 Å². The number of ether oxygens (including phenoxy) is 3. The molecule has 0 unspecified atom stereocenters. The molecule has 0 aliphatic heterocycles. The van der Waals surface area contributed by atoms with Crippen molar-refractivity contribution in [3.05, 3.63) is 0 Å². The van der Waals surface area contributed by atoms with Crippen molar-refractivity contribution in [3.63, 3.8) is 0 Å². The molecule has 0 rings (SSSR count). The molecule has 18 heavy (non-hydrogen) atoms. The molecule has 0 atom stereocenters. The van der Waals surface area contributed by atoms with Gasteiger partial charge in [0.15, 0.2) is 0 Å². The van der Waals surface area contributed by atoms with Crippen LogP contribution in [0.4, 0.5) is 0 Å². The number of hydrogen-bond acceptors (Lipinski definition) is 4. The Kier molecular flexibility index (Phi) is 13.3. The van der Waals surface area contributed by atoms with Crippen molar-refractivity contribution in [2.75, 3.05) is 19.8 Å². The zero-order valence-electron chi connectivity index (χ0n) is 12.0. The average Bonchev–Trinajstić information content (AvgIpc) is 2.39. The van der Waals surface area contributed by atoms with Crippen LogP contribution in [0.15, 0.2) is 0 Å². The molecular formula is C13H27O4Zr. The predicted octanol–water partition coefficient (Wildman–Crippen LogP) is 3.53. The Morgan fingerprint density at radius 1 is 0.722 bits per heavy atom. The Morgan fingerprint density at radius 3 is 1.28 bits per heavy atom. The van der Waals surface area contributed by atoms with Gasteiger partial charge in [0.25, 0.3) is 0 Å². The van der Waals surface area contributed by atoms with Gasteiger partial charge < -0.3 is 0 Å². The summed E-state index contributed by atoms with van der Waals surface area (Å²) in [5.74, 6) is 0. The van der Waals surface area contributed by atoms with Gasteiger partial charge in [-0.3, -0.25) is 0 Å². The van der Waals surface area contributed by atoms with Crippen LogP contribution in [0.2, 0.25) is 0 Å². The van der Waals surface area contributed by atoms with Crippen molar-refractivity contribution >= 4 is 0 Å². The van der Waals surface area contributed by atoms with Crippen molar-refractivity contribution in [3.8, 4) is 0 Å². The minimum atomic E-state index is -1.27. The van der Waals surface area contributed by atoms with Crippen LogP contribution in [0.5, 0.6) is 0 Å². The summed E-state index contributed by atoms with van der Waals surface area (Å²) in [6.45, 7) is 8.17. The standard InChI is InChI=1S/C13H27O4.Zr/c1-4-7-10-15-13(14,16-11-8-5-2)17-12-9-6-3;/h4-12H2,1-3H3;/q-1;+1. The monoisotopic (exact) mass is 337 g/mol. The third-order valence-corrected chi connectivity index (χ3v) is 3.07. The molecule has 0 heterocycles. The summed E-state index contributed by atoms with van der Waals surface area (Å²) in [4.78, 5) is 0. The molecule has 0 saturated heterocycles. The van der Waals surface area contributed by atoms with Gasteiger partial charge in [0.1, 0.15) is 0 Å². The topological polar surface area (TPSA) is 36.9 Å². The third kappa shape index (κ3) is 8.76. The Hall–Kier alpha value is 0.723. The summed E-state index contributed by atoms with van der Waals surface area (Å²) >= 11 is 0.890. The molecule has 107 valence electrons. The van der Waals surface area contributed by atoms with E-state index >= 15 is 0 Å². The Bertz CT molecular complexity index is 152. The van der Waals surface area contributed by atoms with Crippen LogP contribution >= 0.6 is 0 Å². The average molecular weight is 339 g/mol. The van der Waals surface area contributed by atoms with E-state index in [2.05, 4.69) is 20.8 Å². The summed E-state index contributed by atoms with van der Waals surface area (Å²) in [5, 5.41) is 0. The van der Waals surface area contributed by atoms with Crippen LogP contribution in [0.25, 0.3) is 0 Å². The second-order valence-electron chi connectivity index (χ2n) is 4.21. The molecule has 4 nitrogen and oxygen atoms in total. The van der Waals surface area contributed by atoms with Gasteiger partial charge in [-0.2, -0.15) is 0 Å². The SMILES string of the molecule is CCCCOC([O][Zr])(OCCCC)OCCCC. The van der Waals surface area contributed by atoms with Crippen LogP contribution in [-0.4, -0.2) is 26.0 Å². The van der Waals surface area contributed by atoms with E-state index in [0.29, 0.717) is 19.8 Å². The molecule has 0 aromatic heterocycles. The van der Waals surface area contributed by atoms with Crippen LogP contribution in [-0.2, 0) is 42.2 Å². The van der Waals surface area contributed by atoms with Gasteiger partial charge in [-0.15, -0.1) is 0 Å². The zero-order chi connectivity index (χ0) is 13.7. The Morgan fingerprint density at radius 2 is 1.06 bits per heavy atom. The fraction of sp³-hybridized carbons (Fsp3) is 1.00. The zero-order valence-corrected chi connectivity index (χ0v) is 14.5. The first kappa shape index (κ1) is 18.7. The first-order valence-electron chi connectivity index (χ1n) is 7.01. The van der Waals surface area contributed by atoms with Gasteiger partial charge >= 0.3 is 127 Å². The Balaban J connectivity index is 4.20. The first-order valence-corrected chi connectivity index (χ1v) is 8.01. The molecule has 0 aliphatic rings. The van der Waals surface area contributed by atoms with Crippen molar-refractivity contribution in [1.82, 2.24) is 0 Å². The fourth-order valence-electron chi connectivity index (χ4n) is 1.24. The first-order chi connectivity index (χ1) is 8.74. The maximum atomic E-state index is 5.67. The molecule has 0 saturated carbocycles. The second-order valence-corrected chi connectivity index (χ2v) is 4.71. The van der Waals surface area contributed by atoms with Crippen LogP contribution in [0, 0.1) is 0 Å². The molecule has 0 amide bonds. The van der Waals surface area contributed by atoms with Gasteiger partial charge in [0.2, 0.25) is 0 Å². The summed E-state index contributed by atoms with van der Waals surface area (Å²) in [7, 11) is 0. The maximum absolute atomic E-state index is 5.67. The molecule has 0 aromatic rings. The predicted molar refractivity (Wildman–Crippen MR) is 66.4 cm³/mol. The van der Waals surface area contributed by atoms with E-state index < -0.39 is 6.16 Å². The molecule has 0 radical (unpaired) electrons. The van der Waals surface area contributed by atoms with Crippen molar-refractivity contribution in [1.29, 1.82) is 0 Å². The summed E-state index contributed by atoms with van der Waals surface area (Å²) < 4.78 is 22.4. The van der Waals surface area contributed by atoms with E-state index in [9.17, 15) is 0 Å². The third-order valence-electron chi connectivity index (χ3n) is 2.46. The van der Waals surface area contributed by atoms with E-state index in [-0.39, 0.29) is 0 Å². The fourth-order valence-corrected chi connectivity index (χ4v) is 1.67. The quantitative estimate of drug-likeness (QED) is 0.380. The van der Waals surface area contributed by atoms with Gasteiger partial charge in [0, 0.05) is 0 Å². The van der Waals surface area contributed by atoms with Crippen LogP contribution in [0.3, 0.4) is 0 Å². The molecule has 0 aromatic carbocycles. The summed E-state index contributed by atoms with van der Waals surface area (Å²) in [6.07, 6.45) is 4.92. The second kappa shape index (κ2) is 12.7. The molecule has 0 aliphatic carbocycles. The van der Waals surface area contributed by atoms with Gasteiger partial charge in [-0.1, -0.05) is 0 Å². The van der Waals surface area contributed by atoms with Crippen molar-refractivity contribution < 1.29 is 42.2 Å². The molecule has 0 bridgehead atoms. The van der Waals surface area contributed by atoms with E-state index in [1.54, 1.807) is 0 Å². The number of hydrogen-bond donors (Lipinski definition) is 0. The van der Waals surface area contributed by atoms with Gasteiger partial charge in [-0.05, 0) is 0 Å². The van der Waals surface area contributed by atoms with E-state index in [1.807, 2.05) is 0 Å². The molecule has 0 fully saturated rings. The Labute approximate surface area is 127 Å². The van der Waals surface area contributed by atoms with Gasteiger partial charge in [0.05, 0.1) is 0 Å². The minimum absolute atomic E-state index is 0.600. The summed E-state index contributed by atoms with van der Waals surface area (Å²) in [5.41, 5.74) is 0. The van der Waals surface area contributed by atoms with Crippen molar-refractivity contribution in [2.24, 2.45) is 0 Å². The number of rotatable bonds is 13. The summed E-state index contributed by atoms with van der Waals surface area (Å²) in [6, 6.07) is 0. The molecule has 5 heteroatoms. The molecular weight excluding hydrogens is 311 g/mol. The normalized spacial score (nSPS) is 11.9. The van der Waals surface area contributed by atoms with E-state index in [1.165, 1.54) is 0 Å². The van der Waals surface area contributed by atoms with E-state index in [4.69, 9.17) is 17.0 Å². The molecule has 0 spiro atoms.